The number of nitrogens with zero attached hydrogens (tertiary/aromatic N) is 3. The van der Waals surface area contributed by atoms with E-state index in [9.17, 15) is 8.60 Å². The van der Waals surface area contributed by atoms with Crippen molar-refractivity contribution in [1.29, 1.82) is 0 Å². The molecule has 0 saturated carbocycles. The van der Waals surface area contributed by atoms with Crippen molar-refractivity contribution < 1.29 is 8.60 Å². The predicted molar refractivity (Wildman–Crippen MR) is 94.3 cm³/mol. The van der Waals surface area contributed by atoms with Gasteiger partial charge in [-0.05, 0) is 60.6 Å². The van der Waals surface area contributed by atoms with Crippen molar-refractivity contribution >= 4 is 38.5 Å². The maximum atomic E-state index is 14.3. The van der Waals surface area contributed by atoms with Crippen molar-refractivity contribution in [1.82, 2.24) is 4.31 Å². The minimum atomic E-state index is -2.67. The van der Waals surface area contributed by atoms with Crippen LogP contribution in [0.3, 0.4) is 0 Å². The van der Waals surface area contributed by atoms with Crippen molar-refractivity contribution in [3.05, 3.63) is 33.1 Å². The van der Waals surface area contributed by atoms with Gasteiger partial charge in [-0.2, -0.15) is 0 Å². The molecule has 0 radical (unpaired) electrons. The van der Waals surface area contributed by atoms with Gasteiger partial charge in [0.05, 0.1) is 12.3 Å². The lowest BCUT2D eigenvalue weighted by Gasteiger charge is -2.38. The highest BCUT2D eigenvalue weighted by molar-refractivity contribution is 14.1. The summed E-state index contributed by atoms with van der Waals surface area (Å²) in [4.78, 5) is 4.50. The highest BCUT2D eigenvalue weighted by Crippen LogP contribution is 2.35. The van der Waals surface area contributed by atoms with Gasteiger partial charge in [-0.1, -0.05) is 0 Å². The maximum Gasteiger partial charge on any atom is 0.204 e. The molecule has 2 atom stereocenters. The van der Waals surface area contributed by atoms with E-state index < -0.39 is 15.5 Å². The van der Waals surface area contributed by atoms with Gasteiger partial charge in [-0.3, -0.25) is 4.31 Å². The lowest BCUT2D eigenvalue weighted by Crippen LogP contribution is -2.52. The van der Waals surface area contributed by atoms with Crippen LogP contribution in [0, 0.1) is 9.39 Å². The first-order valence-corrected chi connectivity index (χ1v) is 9.85. The molecular weight excluding hydrogens is 418 g/mol. The third kappa shape index (κ3) is 2.70. The number of rotatable bonds is 1. The number of hydrogen-bond donors (Lipinski definition) is 1. The lowest BCUT2D eigenvalue weighted by atomic mass is 9.94. The molecule has 2 aliphatic heterocycles. The van der Waals surface area contributed by atoms with E-state index in [1.54, 1.807) is 23.4 Å². The molecule has 0 aromatic heterocycles. The predicted octanol–water partition coefficient (Wildman–Crippen LogP) is 2.45. The number of benzene rings is 1. The fraction of sp³-hybridized carbons (Fsp3) is 0.500. The van der Waals surface area contributed by atoms with Gasteiger partial charge in [0.2, 0.25) is 5.96 Å². The molecule has 2 aliphatic rings. The van der Waals surface area contributed by atoms with E-state index in [0.29, 0.717) is 18.7 Å². The Morgan fingerprint density at radius 3 is 3.00 bits per heavy atom. The Labute approximate surface area is 143 Å². The molecule has 0 spiro atoms. The smallest absolute Gasteiger partial charge is 0.204 e. The second-order valence-electron chi connectivity index (χ2n) is 5.78. The van der Waals surface area contributed by atoms with Gasteiger partial charge < -0.3 is 5.73 Å². The van der Waals surface area contributed by atoms with Crippen LogP contribution in [0.5, 0.6) is 0 Å². The Bertz CT molecular complexity index is 759. The molecule has 1 aromatic carbocycles. The Morgan fingerprint density at radius 1 is 1.45 bits per heavy atom. The SMILES string of the molecule is C[C@@]1(c2cc(I)ccc2F)CS2(=O)=NCCCCN2C(N)=N1. The van der Waals surface area contributed by atoms with Gasteiger partial charge in [-0.25, -0.2) is 18.0 Å². The van der Waals surface area contributed by atoms with Crippen LogP contribution < -0.4 is 5.73 Å². The summed E-state index contributed by atoms with van der Waals surface area (Å²) < 4.78 is 34.5. The van der Waals surface area contributed by atoms with E-state index >= 15 is 0 Å². The third-order valence-corrected chi connectivity index (χ3v) is 7.25. The van der Waals surface area contributed by atoms with Gasteiger partial charge in [0.1, 0.15) is 21.3 Å². The van der Waals surface area contributed by atoms with Crippen molar-refractivity contribution in [2.24, 2.45) is 15.1 Å². The van der Waals surface area contributed by atoms with Crippen molar-refractivity contribution in [3.8, 4) is 0 Å². The number of hydrogen-bond acceptors (Lipinski definition) is 4. The van der Waals surface area contributed by atoms with Crippen molar-refractivity contribution in [3.63, 3.8) is 0 Å². The third-order valence-electron chi connectivity index (χ3n) is 4.00. The molecule has 0 saturated heterocycles. The highest BCUT2D eigenvalue weighted by Gasteiger charge is 2.42. The number of guanidine groups is 1. The van der Waals surface area contributed by atoms with Crippen LogP contribution in [0.25, 0.3) is 0 Å². The molecule has 0 amide bonds. The normalized spacial score (nSPS) is 31.8. The Kier molecular flexibility index (Phi) is 4.09. The molecule has 1 unspecified atom stereocenters. The molecule has 0 fully saturated rings. The molecule has 1 aromatic rings. The van der Waals surface area contributed by atoms with Gasteiger partial charge in [0.25, 0.3) is 0 Å². The van der Waals surface area contributed by atoms with E-state index in [1.165, 1.54) is 6.07 Å². The van der Waals surface area contributed by atoms with E-state index in [4.69, 9.17) is 5.73 Å². The largest absolute Gasteiger partial charge is 0.369 e. The van der Waals surface area contributed by atoms with Crippen molar-refractivity contribution in [2.75, 3.05) is 18.8 Å². The zero-order valence-corrected chi connectivity index (χ0v) is 15.2. The van der Waals surface area contributed by atoms with Crippen LogP contribution >= 0.6 is 22.6 Å². The second-order valence-corrected chi connectivity index (χ2v) is 9.23. The maximum absolute atomic E-state index is 14.3. The summed E-state index contributed by atoms with van der Waals surface area (Å²) in [5, 5.41) is 0. The molecular formula is C14H18FIN4OS. The summed E-state index contributed by atoms with van der Waals surface area (Å²) in [7, 11) is -2.67. The summed E-state index contributed by atoms with van der Waals surface area (Å²) in [6, 6.07) is 4.85. The van der Waals surface area contributed by atoms with Crippen LogP contribution in [0.2, 0.25) is 0 Å². The first-order valence-electron chi connectivity index (χ1n) is 7.13. The Hall–Kier alpha value is -0.900. The molecule has 120 valence electrons. The second kappa shape index (κ2) is 5.63. The molecule has 3 rings (SSSR count). The standard InChI is InChI=1S/C14H18FIN4OS/c1-14(11-8-10(16)4-5-12(11)15)9-22(21)18-6-2-3-7-20(22)13(17)19-14/h4-5,8H,2-3,6-7,9H2,1H3,(H2,17,19)/t14-,22?/m0/s1. The average Bonchev–Trinajstić information content (AvgIpc) is 2.62. The van der Waals surface area contributed by atoms with E-state index in [1.807, 2.05) is 0 Å². The monoisotopic (exact) mass is 436 g/mol. The summed E-state index contributed by atoms with van der Waals surface area (Å²) >= 11 is 2.13. The van der Waals surface area contributed by atoms with E-state index in [0.717, 1.165) is 16.4 Å². The Balaban J connectivity index is 2.16. The zero-order chi connectivity index (χ0) is 16.0. The van der Waals surface area contributed by atoms with Gasteiger partial charge in [0.15, 0.2) is 0 Å². The first kappa shape index (κ1) is 16.0. The van der Waals surface area contributed by atoms with E-state index in [-0.39, 0.29) is 17.5 Å². The molecule has 0 aliphatic carbocycles. The number of aliphatic imine (C=N–C) groups is 1. The van der Waals surface area contributed by atoms with Gasteiger partial charge in [0, 0.05) is 15.7 Å². The molecule has 2 N–H and O–H groups in total. The summed E-state index contributed by atoms with van der Waals surface area (Å²) in [6.45, 7) is 2.91. The Morgan fingerprint density at radius 2 is 2.23 bits per heavy atom. The van der Waals surface area contributed by atoms with E-state index in [2.05, 4.69) is 31.9 Å². The van der Waals surface area contributed by atoms with Gasteiger partial charge >= 0.3 is 0 Å². The van der Waals surface area contributed by atoms with Crippen LogP contribution in [0.15, 0.2) is 27.6 Å². The van der Waals surface area contributed by atoms with Crippen LogP contribution in [-0.4, -0.2) is 33.3 Å². The molecule has 2 heterocycles. The van der Waals surface area contributed by atoms with Crippen LogP contribution in [0.4, 0.5) is 4.39 Å². The number of halogens is 2. The topological polar surface area (TPSA) is 71.0 Å². The zero-order valence-electron chi connectivity index (χ0n) is 12.3. The fourth-order valence-corrected chi connectivity index (χ4v) is 5.92. The van der Waals surface area contributed by atoms with Crippen LogP contribution in [0.1, 0.15) is 25.3 Å². The summed E-state index contributed by atoms with van der Waals surface area (Å²) in [5.41, 5.74) is 5.52. The summed E-state index contributed by atoms with van der Waals surface area (Å²) in [6.07, 6.45) is 1.76. The highest BCUT2D eigenvalue weighted by atomic mass is 127. The molecule has 0 bridgehead atoms. The quantitative estimate of drug-likeness (QED) is 0.688. The number of fused-ring (bicyclic) bond motifs is 1. The molecule has 5 nitrogen and oxygen atoms in total. The summed E-state index contributed by atoms with van der Waals surface area (Å²) in [5.74, 6) is 0.00440. The minimum Gasteiger partial charge on any atom is -0.369 e. The average molecular weight is 436 g/mol. The van der Waals surface area contributed by atoms with Crippen LogP contribution in [-0.2, 0) is 15.5 Å². The molecule has 8 heteroatoms. The first-order chi connectivity index (χ1) is 10.3. The molecule has 22 heavy (non-hydrogen) atoms. The van der Waals surface area contributed by atoms with Gasteiger partial charge in [-0.15, -0.1) is 0 Å². The van der Waals surface area contributed by atoms with Crippen molar-refractivity contribution in [2.45, 2.75) is 25.3 Å². The number of nitrogens with two attached hydrogens (primary N) is 1. The minimum absolute atomic E-state index is 0.164. The fourth-order valence-electron chi connectivity index (χ4n) is 2.93. The lowest BCUT2D eigenvalue weighted by molar-refractivity contribution is 0.464.